The van der Waals surface area contributed by atoms with E-state index in [1.807, 2.05) is 0 Å². The lowest BCUT2D eigenvalue weighted by atomic mass is 10.0. The summed E-state index contributed by atoms with van der Waals surface area (Å²) < 4.78 is 26.8. The quantitative estimate of drug-likeness (QED) is 0.580. The largest absolute Gasteiger partial charge is 0.264 e. The molecular formula is C9H9F2N3O2. The molecule has 1 saturated heterocycles. The van der Waals surface area contributed by atoms with Crippen LogP contribution in [0.1, 0.15) is 11.6 Å². The molecule has 0 aliphatic carbocycles. The second kappa shape index (κ2) is 4.11. The zero-order valence-electron chi connectivity index (χ0n) is 8.11. The number of benzene rings is 1. The van der Waals surface area contributed by atoms with E-state index in [-0.39, 0.29) is 12.1 Å². The van der Waals surface area contributed by atoms with Gasteiger partial charge in [0.2, 0.25) is 6.04 Å². The summed E-state index contributed by atoms with van der Waals surface area (Å²) in [5.74, 6) is -1.57. The van der Waals surface area contributed by atoms with E-state index in [1.165, 1.54) is 6.07 Å². The molecule has 86 valence electrons. The van der Waals surface area contributed by atoms with Crippen LogP contribution in [0.5, 0.6) is 0 Å². The number of nitro groups is 1. The van der Waals surface area contributed by atoms with Gasteiger partial charge in [0.15, 0.2) is 0 Å². The minimum Gasteiger partial charge on any atom is -0.264 e. The van der Waals surface area contributed by atoms with Crippen LogP contribution in [-0.4, -0.2) is 17.5 Å². The van der Waals surface area contributed by atoms with Crippen molar-refractivity contribution in [2.45, 2.75) is 12.1 Å². The van der Waals surface area contributed by atoms with E-state index in [0.717, 1.165) is 12.1 Å². The van der Waals surface area contributed by atoms with E-state index >= 15 is 0 Å². The lowest BCUT2D eigenvalue weighted by Gasteiger charge is -2.14. The SMILES string of the molecule is O=[N+]([O-])C1CNNC1c1c(F)cccc1F. The van der Waals surface area contributed by atoms with E-state index in [0.29, 0.717) is 0 Å². The first-order valence-electron chi connectivity index (χ1n) is 4.67. The molecule has 1 aromatic carbocycles. The maximum absolute atomic E-state index is 13.4. The maximum Gasteiger partial charge on any atom is 0.247 e. The van der Waals surface area contributed by atoms with Gasteiger partial charge in [-0.15, -0.1) is 0 Å². The zero-order chi connectivity index (χ0) is 11.7. The number of hydrazine groups is 1. The highest BCUT2D eigenvalue weighted by atomic mass is 19.1. The third-order valence-electron chi connectivity index (χ3n) is 2.54. The van der Waals surface area contributed by atoms with Crippen molar-refractivity contribution in [1.82, 2.24) is 10.9 Å². The molecule has 1 aromatic rings. The summed E-state index contributed by atoms with van der Waals surface area (Å²) in [6.07, 6.45) is 0. The minimum atomic E-state index is -1.08. The van der Waals surface area contributed by atoms with Crippen LogP contribution >= 0.6 is 0 Å². The van der Waals surface area contributed by atoms with Gasteiger partial charge in [-0.25, -0.2) is 14.2 Å². The normalized spacial score (nSPS) is 24.6. The number of halogens is 2. The first-order valence-corrected chi connectivity index (χ1v) is 4.67. The Bertz CT molecular complexity index is 407. The van der Waals surface area contributed by atoms with E-state index in [4.69, 9.17) is 0 Å². The van der Waals surface area contributed by atoms with Crippen molar-refractivity contribution < 1.29 is 13.7 Å². The van der Waals surface area contributed by atoms with Gasteiger partial charge in [-0.05, 0) is 12.1 Å². The van der Waals surface area contributed by atoms with Crippen molar-refractivity contribution in [3.05, 3.63) is 45.5 Å². The first kappa shape index (κ1) is 10.9. The van der Waals surface area contributed by atoms with Gasteiger partial charge < -0.3 is 0 Å². The Morgan fingerprint density at radius 2 is 2.00 bits per heavy atom. The molecule has 0 spiro atoms. The van der Waals surface area contributed by atoms with E-state index in [9.17, 15) is 18.9 Å². The summed E-state index contributed by atoms with van der Waals surface area (Å²) >= 11 is 0. The summed E-state index contributed by atoms with van der Waals surface area (Å²) in [6, 6.07) is 1.31. The number of nitrogens with one attached hydrogen (secondary N) is 2. The van der Waals surface area contributed by atoms with Gasteiger partial charge in [-0.1, -0.05) is 6.07 Å². The Labute approximate surface area is 89.6 Å². The molecule has 2 rings (SSSR count). The second-order valence-electron chi connectivity index (χ2n) is 3.49. The van der Waals surface area contributed by atoms with Crippen molar-refractivity contribution >= 4 is 0 Å². The molecule has 16 heavy (non-hydrogen) atoms. The molecule has 1 aliphatic rings. The third-order valence-corrected chi connectivity index (χ3v) is 2.54. The Hall–Kier alpha value is -1.60. The van der Waals surface area contributed by atoms with Gasteiger partial charge in [-0.3, -0.25) is 15.5 Å². The molecule has 5 nitrogen and oxygen atoms in total. The van der Waals surface area contributed by atoms with Crippen molar-refractivity contribution in [3.8, 4) is 0 Å². The van der Waals surface area contributed by atoms with Crippen molar-refractivity contribution in [2.24, 2.45) is 0 Å². The summed E-state index contributed by atoms with van der Waals surface area (Å²) in [5, 5.41) is 10.7. The Morgan fingerprint density at radius 3 is 2.56 bits per heavy atom. The average Bonchev–Trinajstić information content (AvgIpc) is 2.66. The Balaban J connectivity index is 2.40. The molecule has 7 heteroatoms. The molecule has 0 amide bonds. The van der Waals surface area contributed by atoms with Gasteiger partial charge in [-0.2, -0.15) is 0 Å². The molecule has 1 heterocycles. The minimum absolute atomic E-state index is 0.0332. The molecule has 2 unspecified atom stereocenters. The Morgan fingerprint density at radius 1 is 1.38 bits per heavy atom. The number of rotatable bonds is 2. The molecular weight excluding hydrogens is 220 g/mol. The van der Waals surface area contributed by atoms with Gasteiger partial charge in [0, 0.05) is 10.5 Å². The van der Waals surface area contributed by atoms with Crippen LogP contribution in [0.4, 0.5) is 8.78 Å². The predicted molar refractivity (Wildman–Crippen MR) is 51.0 cm³/mol. The van der Waals surface area contributed by atoms with Crippen molar-refractivity contribution in [3.63, 3.8) is 0 Å². The summed E-state index contributed by atoms with van der Waals surface area (Å²) in [4.78, 5) is 10.1. The van der Waals surface area contributed by atoms with Gasteiger partial charge in [0.1, 0.15) is 17.7 Å². The number of hydrogen-bond donors (Lipinski definition) is 2. The summed E-state index contributed by atoms with van der Waals surface area (Å²) in [5.41, 5.74) is 4.75. The van der Waals surface area contributed by atoms with Crippen LogP contribution in [0.3, 0.4) is 0 Å². The van der Waals surface area contributed by atoms with Crippen LogP contribution in [0.25, 0.3) is 0 Å². The van der Waals surface area contributed by atoms with Gasteiger partial charge in [0.05, 0.1) is 6.54 Å². The van der Waals surface area contributed by atoms with E-state index in [2.05, 4.69) is 10.9 Å². The van der Waals surface area contributed by atoms with E-state index < -0.39 is 28.6 Å². The molecule has 2 atom stereocenters. The van der Waals surface area contributed by atoms with Crippen LogP contribution in [-0.2, 0) is 0 Å². The predicted octanol–water partition coefficient (Wildman–Crippen LogP) is 0.759. The lowest BCUT2D eigenvalue weighted by Crippen LogP contribution is -2.30. The van der Waals surface area contributed by atoms with Crippen LogP contribution in [0.15, 0.2) is 18.2 Å². The van der Waals surface area contributed by atoms with Gasteiger partial charge in [0.25, 0.3) is 0 Å². The molecule has 0 saturated carbocycles. The number of nitrogens with zero attached hydrogens (tertiary/aromatic N) is 1. The fourth-order valence-corrected chi connectivity index (χ4v) is 1.76. The topological polar surface area (TPSA) is 67.2 Å². The average molecular weight is 229 g/mol. The molecule has 0 radical (unpaired) electrons. The summed E-state index contributed by atoms with van der Waals surface area (Å²) in [7, 11) is 0. The smallest absolute Gasteiger partial charge is 0.247 e. The van der Waals surface area contributed by atoms with Gasteiger partial charge >= 0.3 is 0 Å². The van der Waals surface area contributed by atoms with Crippen molar-refractivity contribution in [2.75, 3.05) is 6.54 Å². The molecule has 0 bridgehead atoms. The summed E-state index contributed by atoms with van der Waals surface area (Å²) in [6.45, 7) is 0.0332. The second-order valence-corrected chi connectivity index (χ2v) is 3.49. The number of hydrogen-bond acceptors (Lipinski definition) is 4. The maximum atomic E-state index is 13.4. The third kappa shape index (κ3) is 1.74. The molecule has 2 N–H and O–H groups in total. The van der Waals surface area contributed by atoms with Crippen LogP contribution in [0.2, 0.25) is 0 Å². The fourth-order valence-electron chi connectivity index (χ4n) is 1.76. The zero-order valence-corrected chi connectivity index (χ0v) is 8.11. The van der Waals surface area contributed by atoms with Crippen molar-refractivity contribution in [1.29, 1.82) is 0 Å². The highest BCUT2D eigenvalue weighted by Gasteiger charge is 2.40. The molecule has 0 aromatic heterocycles. The highest BCUT2D eigenvalue weighted by Crippen LogP contribution is 2.26. The van der Waals surface area contributed by atoms with E-state index in [1.54, 1.807) is 0 Å². The Kier molecular flexibility index (Phi) is 2.80. The molecule has 1 aliphatic heterocycles. The fraction of sp³-hybridized carbons (Fsp3) is 0.333. The standard InChI is InChI=1S/C9H9F2N3O2/c10-5-2-1-3-6(11)8(5)9-7(14(15)16)4-12-13-9/h1-3,7,9,12-13H,4H2. The van der Waals surface area contributed by atoms with Crippen LogP contribution < -0.4 is 10.9 Å². The van der Waals surface area contributed by atoms with Crippen LogP contribution in [0, 0.1) is 21.7 Å². The highest BCUT2D eigenvalue weighted by molar-refractivity contribution is 5.25. The lowest BCUT2D eigenvalue weighted by molar-refractivity contribution is -0.521. The molecule has 1 fully saturated rings. The monoisotopic (exact) mass is 229 g/mol. The first-order chi connectivity index (χ1) is 7.61.